The van der Waals surface area contributed by atoms with E-state index >= 15 is 0 Å². The third-order valence-corrected chi connectivity index (χ3v) is 5.43. The Morgan fingerprint density at radius 3 is 2.56 bits per heavy atom. The number of piperidine rings is 2. The number of ether oxygens (including phenoxy) is 1. The van der Waals surface area contributed by atoms with Gasteiger partial charge in [-0.2, -0.15) is 0 Å². The highest BCUT2D eigenvalue weighted by atomic mass is 16.5. The summed E-state index contributed by atoms with van der Waals surface area (Å²) in [5.74, 6) is 0.894. The molecule has 2 heterocycles. The predicted molar refractivity (Wildman–Crippen MR) is 99.4 cm³/mol. The first-order valence-corrected chi connectivity index (χ1v) is 9.70. The summed E-state index contributed by atoms with van der Waals surface area (Å²) in [5.41, 5.74) is 1.02. The zero-order valence-electron chi connectivity index (χ0n) is 15.1. The minimum atomic E-state index is -0.294. The smallest absolute Gasteiger partial charge is 0.407 e. The maximum atomic E-state index is 11.9. The first-order chi connectivity index (χ1) is 12.3. The van der Waals surface area contributed by atoms with Gasteiger partial charge in [0.2, 0.25) is 0 Å². The Kier molecular flexibility index (Phi) is 7.12. The van der Waals surface area contributed by atoms with Crippen molar-refractivity contribution in [2.75, 3.05) is 32.7 Å². The van der Waals surface area contributed by atoms with Crippen molar-refractivity contribution in [1.82, 2.24) is 15.5 Å². The fourth-order valence-corrected chi connectivity index (χ4v) is 3.77. The molecule has 5 nitrogen and oxygen atoms in total. The van der Waals surface area contributed by atoms with Gasteiger partial charge in [-0.25, -0.2) is 4.79 Å². The molecule has 1 aromatic carbocycles. The van der Waals surface area contributed by atoms with Gasteiger partial charge in [0, 0.05) is 19.1 Å². The number of alkyl carbamates (subject to hydrolysis) is 1. The number of rotatable bonds is 6. The molecule has 2 N–H and O–H groups in total. The number of hydrogen-bond donors (Lipinski definition) is 2. The van der Waals surface area contributed by atoms with Crippen LogP contribution in [-0.4, -0.2) is 49.8 Å². The van der Waals surface area contributed by atoms with Crippen LogP contribution in [-0.2, 0) is 11.3 Å². The van der Waals surface area contributed by atoms with E-state index in [9.17, 15) is 4.79 Å². The summed E-state index contributed by atoms with van der Waals surface area (Å²) in [4.78, 5) is 14.5. The highest BCUT2D eigenvalue weighted by molar-refractivity contribution is 5.67. The Morgan fingerprint density at radius 1 is 1.12 bits per heavy atom. The summed E-state index contributed by atoms with van der Waals surface area (Å²) in [6, 6.07) is 10.1. The summed E-state index contributed by atoms with van der Waals surface area (Å²) >= 11 is 0. The second kappa shape index (κ2) is 9.78. The molecule has 2 aliphatic rings. The Labute approximate surface area is 151 Å². The van der Waals surface area contributed by atoms with Gasteiger partial charge < -0.3 is 20.3 Å². The van der Waals surface area contributed by atoms with Crippen molar-refractivity contribution >= 4 is 6.09 Å². The molecule has 25 heavy (non-hydrogen) atoms. The molecule has 5 heteroatoms. The molecule has 0 radical (unpaired) electrons. The lowest BCUT2D eigenvalue weighted by atomic mass is 9.94. The summed E-state index contributed by atoms with van der Waals surface area (Å²) in [6.45, 7) is 6.06. The van der Waals surface area contributed by atoms with Crippen molar-refractivity contribution in [3.8, 4) is 0 Å². The second-order valence-corrected chi connectivity index (χ2v) is 7.30. The third-order valence-electron chi connectivity index (χ3n) is 5.43. The van der Waals surface area contributed by atoms with Crippen molar-refractivity contribution in [1.29, 1.82) is 0 Å². The van der Waals surface area contributed by atoms with E-state index < -0.39 is 0 Å². The summed E-state index contributed by atoms with van der Waals surface area (Å²) in [6.07, 6.45) is 5.71. The third kappa shape index (κ3) is 6.33. The van der Waals surface area contributed by atoms with E-state index in [4.69, 9.17) is 4.74 Å². The summed E-state index contributed by atoms with van der Waals surface area (Å²) in [5, 5.41) is 6.45. The highest BCUT2D eigenvalue weighted by Gasteiger charge is 2.22. The minimum absolute atomic E-state index is 0.249. The van der Waals surface area contributed by atoms with E-state index in [1.54, 1.807) is 0 Å². The molecule has 0 spiro atoms. The molecule has 2 aliphatic heterocycles. The van der Waals surface area contributed by atoms with Crippen LogP contribution in [0.1, 0.15) is 37.7 Å². The van der Waals surface area contributed by atoms with Crippen LogP contribution in [0.2, 0.25) is 0 Å². The van der Waals surface area contributed by atoms with Crippen LogP contribution >= 0.6 is 0 Å². The number of nitrogens with zero attached hydrogens (tertiary/aromatic N) is 1. The molecule has 0 aromatic heterocycles. The average molecular weight is 345 g/mol. The van der Waals surface area contributed by atoms with Gasteiger partial charge in [0.1, 0.15) is 6.61 Å². The van der Waals surface area contributed by atoms with Crippen LogP contribution in [0.25, 0.3) is 0 Å². The molecule has 0 aliphatic carbocycles. The number of nitrogens with one attached hydrogen (secondary N) is 2. The normalized spacial score (nSPS) is 20.3. The number of carbonyl (C=O) groups excluding carboxylic acids is 1. The molecular weight excluding hydrogens is 314 g/mol. The number of benzene rings is 1. The van der Waals surface area contributed by atoms with Gasteiger partial charge in [0.15, 0.2) is 0 Å². The van der Waals surface area contributed by atoms with Crippen molar-refractivity contribution < 1.29 is 9.53 Å². The van der Waals surface area contributed by atoms with Gasteiger partial charge in [-0.3, -0.25) is 0 Å². The van der Waals surface area contributed by atoms with Crippen molar-refractivity contribution in [2.45, 2.75) is 44.8 Å². The SMILES string of the molecule is O=C(NC1CCN(CCC2CCNCC2)CC1)OCc1ccccc1. The quantitative estimate of drug-likeness (QED) is 0.832. The topological polar surface area (TPSA) is 53.6 Å². The average Bonchev–Trinajstić information content (AvgIpc) is 2.67. The second-order valence-electron chi connectivity index (χ2n) is 7.30. The molecule has 1 aromatic rings. The molecule has 0 atom stereocenters. The zero-order chi connectivity index (χ0) is 17.3. The van der Waals surface area contributed by atoms with Crippen LogP contribution in [0, 0.1) is 5.92 Å². The van der Waals surface area contributed by atoms with E-state index in [2.05, 4.69) is 15.5 Å². The van der Waals surface area contributed by atoms with Gasteiger partial charge in [0.25, 0.3) is 0 Å². The number of carbonyl (C=O) groups is 1. The fourth-order valence-electron chi connectivity index (χ4n) is 3.77. The standard InChI is InChI=1S/C20H31N3O2/c24-20(25-16-18-4-2-1-3-5-18)22-19-9-14-23(15-10-19)13-8-17-6-11-21-12-7-17/h1-5,17,19,21H,6-16H2,(H,22,24). The van der Waals surface area contributed by atoms with Crippen LogP contribution in [0.4, 0.5) is 4.79 Å². The van der Waals surface area contributed by atoms with Crippen molar-refractivity contribution in [2.24, 2.45) is 5.92 Å². The lowest BCUT2D eigenvalue weighted by Gasteiger charge is -2.33. The van der Waals surface area contributed by atoms with E-state index in [0.29, 0.717) is 6.61 Å². The van der Waals surface area contributed by atoms with E-state index in [1.165, 1.54) is 38.9 Å². The Bertz CT molecular complexity index is 509. The van der Waals surface area contributed by atoms with Crippen LogP contribution in [0.15, 0.2) is 30.3 Å². The van der Waals surface area contributed by atoms with Crippen LogP contribution in [0.5, 0.6) is 0 Å². The fraction of sp³-hybridized carbons (Fsp3) is 0.650. The van der Waals surface area contributed by atoms with Gasteiger partial charge in [-0.15, -0.1) is 0 Å². The highest BCUT2D eigenvalue weighted by Crippen LogP contribution is 2.18. The van der Waals surface area contributed by atoms with Crippen LogP contribution in [0.3, 0.4) is 0 Å². The lowest BCUT2D eigenvalue weighted by molar-refractivity contribution is 0.125. The zero-order valence-corrected chi connectivity index (χ0v) is 15.1. The Morgan fingerprint density at radius 2 is 1.84 bits per heavy atom. The van der Waals surface area contributed by atoms with Gasteiger partial charge in [0.05, 0.1) is 0 Å². The monoisotopic (exact) mass is 345 g/mol. The minimum Gasteiger partial charge on any atom is -0.445 e. The molecule has 3 rings (SSSR count). The maximum Gasteiger partial charge on any atom is 0.407 e. The molecule has 2 saturated heterocycles. The van der Waals surface area contributed by atoms with Crippen molar-refractivity contribution in [3.63, 3.8) is 0 Å². The van der Waals surface area contributed by atoms with Gasteiger partial charge in [-0.05, 0) is 63.2 Å². The number of likely N-dealkylation sites (tertiary alicyclic amines) is 1. The largest absolute Gasteiger partial charge is 0.445 e. The molecule has 0 saturated carbocycles. The Balaban J connectivity index is 1.28. The molecular formula is C20H31N3O2. The van der Waals surface area contributed by atoms with Gasteiger partial charge in [-0.1, -0.05) is 30.3 Å². The van der Waals surface area contributed by atoms with E-state index in [-0.39, 0.29) is 12.1 Å². The molecule has 138 valence electrons. The van der Waals surface area contributed by atoms with Gasteiger partial charge >= 0.3 is 6.09 Å². The van der Waals surface area contributed by atoms with Crippen LogP contribution < -0.4 is 10.6 Å². The van der Waals surface area contributed by atoms with Crippen molar-refractivity contribution in [3.05, 3.63) is 35.9 Å². The first kappa shape index (κ1) is 18.2. The molecule has 2 fully saturated rings. The molecule has 0 unspecified atom stereocenters. The maximum absolute atomic E-state index is 11.9. The van der Waals surface area contributed by atoms with E-state index in [0.717, 1.165) is 37.4 Å². The first-order valence-electron chi connectivity index (χ1n) is 9.70. The van der Waals surface area contributed by atoms with E-state index in [1.807, 2.05) is 30.3 Å². The summed E-state index contributed by atoms with van der Waals surface area (Å²) < 4.78 is 5.31. The number of hydrogen-bond acceptors (Lipinski definition) is 4. The molecule has 0 bridgehead atoms. The lowest BCUT2D eigenvalue weighted by Crippen LogP contribution is -2.45. The predicted octanol–water partition coefficient (Wildman–Crippen LogP) is 2.77. The Hall–Kier alpha value is -1.59. The number of amides is 1. The molecule has 1 amide bonds. The summed E-state index contributed by atoms with van der Waals surface area (Å²) in [7, 11) is 0.